The molecule has 1 heterocycles. The maximum Gasteiger partial charge on any atom is 0.261 e. The van der Waals surface area contributed by atoms with Crippen LogP contribution in [0.2, 0.25) is 0 Å². The lowest BCUT2D eigenvalue weighted by Crippen LogP contribution is -2.55. The number of ether oxygens (including phenoxy) is 1. The van der Waals surface area contributed by atoms with E-state index in [0.717, 1.165) is 16.7 Å². The van der Waals surface area contributed by atoms with Crippen molar-refractivity contribution < 1.29 is 14.3 Å². The Labute approximate surface area is 182 Å². The lowest BCUT2D eigenvalue weighted by molar-refractivity contribution is -0.136. The number of Topliss-reactive ketones (excluding diaryl/α,β-unsaturated/α-hetero) is 1. The average Bonchev–Trinajstić information content (AvgIpc) is 2.80. The summed E-state index contributed by atoms with van der Waals surface area (Å²) in [5, 5.41) is 0. The van der Waals surface area contributed by atoms with E-state index in [9.17, 15) is 9.59 Å². The van der Waals surface area contributed by atoms with Gasteiger partial charge in [0, 0.05) is 5.56 Å². The molecule has 0 saturated carbocycles. The summed E-state index contributed by atoms with van der Waals surface area (Å²) >= 11 is 0. The maximum absolute atomic E-state index is 13.6. The fourth-order valence-corrected chi connectivity index (χ4v) is 3.87. The number of nitrogens with zero attached hydrogens (tertiary/aromatic N) is 1. The summed E-state index contributed by atoms with van der Waals surface area (Å²) in [4.78, 5) is 28.5. The number of amides is 1. The quantitative estimate of drug-likeness (QED) is 0.516. The Morgan fingerprint density at radius 3 is 2.06 bits per heavy atom. The molecule has 0 aliphatic carbocycles. The molecule has 31 heavy (non-hydrogen) atoms. The van der Waals surface area contributed by atoms with Crippen molar-refractivity contribution in [3.05, 3.63) is 102 Å². The molecule has 1 amide bonds. The number of carbonyl (C=O) groups excluding carboxylic acids is 2. The topological polar surface area (TPSA) is 46.6 Å². The molecule has 1 aliphatic heterocycles. The van der Waals surface area contributed by atoms with E-state index in [-0.39, 0.29) is 18.4 Å². The van der Waals surface area contributed by atoms with E-state index in [2.05, 4.69) is 0 Å². The highest BCUT2D eigenvalue weighted by Crippen LogP contribution is 2.32. The highest BCUT2D eigenvalue weighted by molar-refractivity contribution is 6.22. The van der Waals surface area contributed by atoms with Gasteiger partial charge in [-0.2, -0.15) is 0 Å². The summed E-state index contributed by atoms with van der Waals surface area (Å²) < 4.78 is 5.83. The van der Waals surface area contributed by atoms with Crippen LogP contribution in [0.25, 0.3) is 16.7 Å². The molecule has 1 aliphatic rings. The molecule has 0 spiro atoms. The summed E-state index contributed by atoms with van der Waals surface area (Å²) in [6.45, 7) is 5.37. The van der Waals surface area contributed by atoms with Crippen molar-refractivity contribution >= 4 is 17.3 Å². The van der Waals surface area contributed by atoms with Crippen LogP contribution >= 0.6 is 0 Å². The van der Waals surface area contributed by atoms with Gasteiger partial charge in [-0.15, -0.1) is 0 Å². The van der Waals surface area contributed by atoms with Crippen LogP contribution in [0.5, 0.6) is 0 Å². The maximum atomic E-state index is 13.6. The van der Waals surface area contributed by atoms with E-state index in [0.29, 0.717) is 16.9 Å². The molecule has 0 atom stereocenters. The minimum atomic E-state index is -1.08. The number of allylic oxidation sites excluding steroid dienone is 1. The van der Waals surface area contributed by atoms with Gasteiger partial charge >= 0.3 is 0 Å². The second-order valence-electron chi connectivity index (χ2n) is 8.14. The van der Waals surface area contributed by atoms with Crippen molar-refractivity contribution in [3.63, 3.8) is 0 Å². The lowest BCUT2D eigenvalue weighted by Gasteiger charge is -2.40. The van der Waals surface area contributed by atoms with Gasteiger partial charge in [-0.3, -0.25) is 14.5 Å². The second-order valence-corrected chi connectivity index (χ2v) is 8.14. The number of hydrogen-bond donors (Lipinski definition) is 0. The normalized spacial score (nSPS) is 14.4. The van der Waals surface area contributed by atoms with E-state index in [4.69, 9.17) is 4.74 Å². The predicted molar refractivity (Wildman–Crippen MR) is 122 cm³/mol. The van der Waals surface area contributed by atoms with E-state index < -0.39 is 5.54 Å². The lowest BCUT2D eigenvalue weighted by atomic mass is 9.88. The Bertz CT molecular complexity index is 1150. The van der Waals surface area contributed by atoms with Gasteiger partial charge in [0.25, 0.3) is 5.91 Å². The minimum absolute atomic E-state index is 0.0398. The van der Waals surface area contributed by atoms with Crippen molar-refractivity contribution in [2.75, 3.05) is 6.73 Å². The molecule has 4 heteroatoms. The van der Waals surface area contributed by atoms with Gasteiger partial charge in [-0.25, -0.2) is 0 Å². The molecule has 3 aromatic carbocycles. The van der Waals surface area contributed by atoms with Crippen LogP contribution in [0, 0.1) is 0 Å². The Balaban J connectivity index is 1.66. The smallest absolute Gasteiger partial charge is 0.261 e. The standard InChI is InChI=1S/C27H25NO3/c1-19-24(21-13-8-5-9-14-21)26(30)28(18-31-19)27(2,3)25(29)23-16-10-15-22(17-23)20-11-6-4-7-12-20/h4-17H,18H2,1-3H3. The number of benzene rings is 3. The molecule has 4 rings (SSSR count). The van der Waals surface area contributed by atoms with Crippen molar-refractivity contribution in [2.45, 2.75) is 26.3 Å². The van der Waals surface area contributed by atoms with E-state index >= 15 is 0 Å². The highest BCUT2D eigenvalue weighted by atomic mass is 16.5. The summed E-state index contributed by atoms with van der Waals surface area (Å²) in [5.74, 6) is 0.239. The third kappa shape index (κ3) is 3.89. The van der Waals surface area contributed by atoms with Crippen LogP contribution in [0.4, 0.5) is 0 Å². The second kappa shape index (κ2) is 8.23. The molecule has 0 radical (unpaired) electrons. The van der Waals surface area contributed by atoms with Gasteiger partial charge in [0.2, 0.25) is 0 Å². The number of ketones is 1. The zero-order valence-corrected chi connectivity index (χ0v) is 18.0. The van der Waals surface area contributed by atoms with Crippen molar-refractivity contribution in [1.29, 1.82) is 0 Å². The molecule has 3 aromatic rings. The molecule has 0 N–H and O–H groups in total. The molecular formula is C27H25NO3. The van der Waals surface area contributed by atoms with Crippen molar-refractivity contribution in [2.24, 2.45) is 0 Å². The van der Waals surface area contributed by atoms with Gasteiger partial charge in [-0.1, -0.05) is 78.9 Å². The van der Waals surface area contributed by atoms with Crippen LogP contribution in [0.3, 0.4) is 0 Å². The van der Waals surface area contributed by atoms with E-state index in [1.165, 1.54) is 4.90 Å². The summed E-state index contributed by atoms with van der Waals surface area (Å²) in [7, 11) is 0. The highest BCUT2D eigenvalue weighted by Gasteiger charge is 2.42. The molecule has 0 saturated heterocycles. The summed E-state index contributed by atoms with van der Waals surface area (Å²) in [6.07, 6.45) is 0. The molecule has 4 nitrogen and oxygen atoms in total. The SMILES string of the molecule is CC1=C(c2ccccc2)C(=O)N(C(C)(C)C(=O)c2cccc(-c3ccccc3)c2)CO1. The Morgan fingerprint density at radius 1 is 0.839 bits per heavy atom. The van der Waals surface area contributed by atoms with Crippen LogP contribution in [0.1, 0.15) is 36.7 Å². The van der Waals surface area contributed by atoms with Crippen molar-refractivity contribution in [3.8, 4) is 11.1 Å². The van der Waals surface area contributed by atoms with Crippen LogP contribution in [0.15, 0.2) is 90.7 Å². The predicted octanol–water partition coefficient (Wildman–Crippen LogP) is 5.56. The first-order valence-corrected chi connectivity index (χ1v) is 10.3. The first-order valence-electron chi connectivity index (χ1n) is 10.3. The monoisotopic (exact) mass is 411 g/mol. The third-order valence-corrected chi connectivity index (χ3v) is 5.75. The van der Waals surface area contributed by atoms with Crippen LogP contribution in [-0.2, 0) is 9.53 Å². The Hall–Kier alpha value is -3.66. The van der Waals surface area contributed by atoms with Gasteiger partial charge in [0.1, 0.15) is 11.3 Å². The van der Waals surface area contributed by atoms with Crippen molar-refractivity contribution in [1.82, 2.24) is 4.90 Å². The summed E-state index contributed by atoms with van der Waals surface area (Å²) in [5.41, 5.74) is 2.76. The zero-order chi connectivity index (χ0) is 22.0. The third-order valence-electron chi connectivity index (χ3n) is 5.75. The molecule has 0 bridgehead atoms. The summed E-state index contributed by atoms with van der Waals surface area (Å²) in [6, 6.07) is 26.9. The minimum Gasteiger partial charge on any atom is -0.477 e. The Morgan fingerprint density at radius 2 is 1.42 bits per heavy atom. The van der Waals surface area contributed by atoms with Gasteiger partial charge in [-0.05, 0) is 43.5 Å². The number of hydrogen-bond acceptors (Lipinski definition) is 3. The van der Waals surface area contributed by atoms with E-state index in [1.54, 1.807) is 26.8 Å². The molecule has 0 aromatic heterocycles. The molecule has 156 valence electrons. The molecule has 0 unspecified atom stereocenters. The fourth-order valence-electron chi connectivity index (χ4n) is 3.87. The van der Waals surface area contributed by atoms with Crippen LogP contribution < -0.4 is 0 Å². The molecule has 0 fully saturated rings. The first kappa shape index (κ1) is 20.6. The first-order chi connectivity index (χ1) is 14.9. The van der Waals surface area contributed by atoms with Gasteiger partial charge < -0.3 is 4.74 Å². The van der Waals surface area contributed by atoms with E-state index in [1.807, 2.05) is 78.9 Å². The number of rotatable bonds is 5. The Kier molecular flexibility index (Phi) is 5.47. The van der Waals surface area contributed by atoms with Gasteiger partial charge in [0.05, 0.1) is 5.57 Å². The average molecular weight is 412 g/mol. The largest absolute Gasteiger partial charge is 0.477 e. The fraction of sp³-hybridized carbons (Fsp3) is 0.185. The van der Waals surface area contributed by atoms with Gasteiger partial charge in [0.15, 0.2) is 12.5 Å². The van der Waals surface area contributed by atoms with Crippen LogP contribution in [-0.4, -0.2) is 28.9 Å². The molecular weight excluding hydrogens is 386 g/mol. The zero-order valence-electron chi connectivity index (χ0n) is 18.0. The number of carbonyl (C=O) groups is 2.